The summed E-state index contributed by atoms with van der Waals surface area (Å²) >= 11 is 3.11. The van der Waals surface area contributed by atoms with Crippen molar-refractivity contribution >= 4 is 27.5 Å². The van der Waals surface area contributed by atoms with Crippen LogP contribution < -0.4 is 5.73 Å². The van der Waals surface area contributed by atoms with Crippen LogP contribution in [0.25, 0.3) is 0 Å². The third-order valence-corrected chi connectivity index (χ3v) is 4.36. The fourth-order valence-corrected chi connectivity index (χ4v) is 3.00. The van der Waals surface area contributed by atoms with Crippen molar-refractivity contribution in [3.63, 3.8) is 0 Å². The molecule has 3 rings (SSSR count). The van der Waals surface area contributed by atoms with E-state index in [2.05, 4.69) is 15.9 Å². The van der Waals surface area contributed by atoms with Crippen molar-refractivity contribution < 1.29 is 9.18 Å². The molecule has 2 N–H and O–H groups in total. The summed E-state index contributed by atoms with van der Waals surface area (Å²) in [5.41, 5.74) is 9.43. The first-order valence-electron chi connectivity index (χ1n) is 6.67. The van der Waals surface area contributed by atoms with Crippen molar-refractivity contribution in [2.24, 2.45) is 0 Å². The van der Waals surface area contributed by atoms with E-state index >= 15 is 0 Å². The molecular formula is C16H14BrFN2O. The zero-order chi connectivity index (χ0) is 15.0. The number of carbonyl (C=O) groups is 1. The highest BCUT2D eigenvalue weighted by Gasteiger charge is 2.23. The molecule has 0 spiro atoms. The molecule has 0 aromatic heterocycles. The lowest BCUT2D eigenvalue weighted by Crippen LogP contribution is -2.36. The number of anilines is 1. The predicted molar refractivity (Wildman–Crippen MR) is 83.4 cm³/mol. The Morgan fingerprint density at radius 3 is 2.86 bits per heavy atom. The summed E-state index contributed by atoms with van der Waals surface area (Å²) in [5.74, 6) is -0.466. The van der Waals surface area contributed by atoms with Gasteiger partial charge in [0.1, 0.15) is 5.82 Å². The molecule has 0 radical (unpaired) electrons. The molecule has 1 amide bonds. The Labute approximate surface area is 130 Å². The number of halogens is 2. The number of nitrogens with zero attached hydrogens (tertiary/aromatic N) is 1. The topological polar surface area (TPSA) is 46.3 Å². The zero-order valence-corrected chi connectivity index (χ0v) is 12.9. The molecule has 0 saturated heterocycles. The van der Waals surface area contributed by atoms with E-state index in [1.54, 1.807) is 4.90 Å². The first kappa shape index (κ1) is 14.1. The van der Waals surface area contributed by atoms with Gasteiger partial charge in [-0.15, -0.1) is 0 Å². The molecule has 0 unspecified atom stereocenters. The van der Waals surface area contributed by atoms with Gasteiger partial charge in [-0.1, -0.05) is 12.1 Å². The van der Waals surface area contributed by atoms with Crippen LogP contribution in [-0.2, 0) is 13.0 Å². The van der Waals surface area contributed by atoms with Crippen molar-refractivity contribution in [2.45, 2.75) is 13.0 Å². The van der Waals surface area contributed by atoms with Gasteiger partial charge >= 0.3 is 0 Å². The minimum absolute atomic E-state index is 0.0937. The number of amides is 1. The maximum Gasteiger partial charge on any atom is 0.254 e. The predicted octanol–water partition coefficient (Wildman–Crippen LogP) is 3.37. The lowest BCUT2D eigenvalue weighted by molar-refractivity contribution is 0.0734. The lowest BCUT2D eigenvalue weighted by atomic mass is 9.97. The molecule has 21 heavy (non-hydrogen) atoms. The van der Waals surface area contributed by atoms with Crippen molar-refractivity contribution in [3.8, 4) is 0 Å². The van der Waals surface area contributed by atoms with Crippen LogP contribution in [-0.4, -0.2) is 17.4 Å². The third kappa shape index (κ3) is 2.65. The zero-order valence-electron chi connectivity index (χ0n) is 11.3. The highest BCUT2D eigenvalue weighted by molar-refractivity contribution is 9.10. The first-order valence-corrected chi connectivity index (χ1v) is 7.46. The van der Waals surface area contributed by atoms with Crippen molar-refractivity contribution in [1.82, 2.24) is 4.90 Å². The molecular weight excluding hydrogens is 335 g/mol. The molecule has 0 aliphatic carbocycles. The van der Waals surface area contributed by atoms with Gasteiger partial charge in [0.25, 0.3) is 5.91 Å². The molecule has 1 aliphatic heterocycles. The van der Waals surface area contributed by atoms with Crippen LogP contribution in [0.15, 0.2) is 40.9 Å². The van der Waals surface area contributed by atoms with E-state index in [9.17, 15) is 9.18 Å². The summed E-state index contributed by atoms with van der Waals surface area (Å²) in [6.45, 7) is 1.16. The summed E-state index contributed by atoms with van der Waals surface area (Å²) in [7, 11) is 0. The van der Waals surface area contributed by atoms with E-state index in [4.69, 9.17) is 5.73 Å². The van der Waals surface area contributed by atoms with Gasteiger partial charge in [0.05, 0.1) is 4.47 Å². The monoisotopic (exact) mass is 348 g/mol. The third-order valence-electron chi connectivity index (χ3n) is 3.76. The van der Waals surface area contributed by atoms with Gasteiger partial charge in [0.2, 0.25) is 0 Å². The SMILES string of the molecule is Nc1cccc2c1CCN(C(=O)c1ccc(F)c(Br)c1)C2. The maximum absolute atomic E-state index is 13.3. The number of hydrogen-bond acceptors (Lipinski definition) is 2. The number of nitrogens with two attached hydrogens (primary N) is 1. The van der Waals surface area contributed by atoms with Gasteiger partial charge in [-0.2, -0.15) is 0 Å². The number of carbonyl (C=O) groups excluding carboxylic acids is 1. The van der Waals surface area contributed by atoms with Gasteiger partial charge in [0, 0.05) is 24.3 Å². The molecule has 5 heteroatoms. The van der Waals surface area contributed by atoms with Gasteiger partial charge in [0.15, 0.2) is 0 Å². The average molecular weight is 349 g/mol. The number of nitrogen functional groups attached to an aromatic ring is 1. The quantitative estimate of drug-likeness (QED) is 0.803. The van der Waals surface area contributed by atoms with Crippen LogP contribution in [0.1, 0.15) is 21.5 Å². The Hall–Kier alpha value is -1.88. The number of hydrogen-bond donors (Lipinski definition) is 1. The molecule has 0 saturated carbocycles. The van der Waals surface area contributed by atoms with Crippen LogP contribution in [0, 0.1) is 5.82 Å². The van der Waals surface area contributed by atoms with E-state index in [-0.39, 0.29) is 11.7 Å². The van der Waals surface area contributed by atoms with E-state index in [0.717, 1.165) is 23.2 Å². The van der Waals surface area contributed by atoms with Crippen molar-refractivity contribution in [3.05, 3.63) is 63.4 Å². The van der Waals surface area contributed by atoms with E-state index in [0.29, 0.717) is 23.1 Å². The highest BCUT2D eigenvalue weighted by atomic mass is 79.9. The second kappa shape index (κ2) is 5.48. The molecule has 2 aromatic rings. The number of benzene rings is 2. The van der Waals surface area contributed by atoms with Crippen LogP contribution in [0.5, 0.6) is 0 Å². The largest absolute Gasteiger partial charge is 0.398 e. The standard InChI is InChI=1S/C16H14BrFN2O/c17-13-8-10(4-5-14(13)18)16(21)20-7-6-12-11(9-20)2-1-3-15(12)19/h1-5,8H,6-7,9,19H2. The molecule has 3 nitrogen and oxygen atoms in total. The fourth-order valence-electron chi connectivity index (χ4n) is 2.62. The summed E-state index contributed by atoms with van der Waals surface area (Å²) in [4.78, 5) is 14.3. The van der Waals surface area contributed by atoms with Crippen LogP contribution in [0.4, 0.5) is 10.1 Å². The highest BCUT2D eigenvalue weighted by Crippen LogP contribution is 2.26. The minimum Gasteiger partial charge on any atom is -0.398 e. The van der Waals surface area contributed by atoms with E-state index in [1.165, 1.54) is 18.2 Å². The fraction of sp³-hybridized carbons (Fsp3) is 0.188. The average Bonchev–Trinajstić information content (AvgIpc) is 2.49. The first-order chi connectivity index (χ1) is 10.1. The van der Waals surface area contributed by atoms with Gasteiger partial charge in [-0.25, -0.2) is 4.39 Å². The molecule has 1 aliphatic rings. The molecule has 2 aromatic carbocycles. The van der Waals surface area contributed by atoms with Gasteiger partial charge in [-0.3, -0.25) is 4.79 Å². The van der Waals surface area contributed by atoms with Crippen molar-refractivity contribution in [1.29, 1.82) is 0 Å². The Bertz CT molecular complexity index is 717. The number of fused-ring (bicyclic) bond motifs is 1. The van der Waals surface area contributed by atoms with Gasteiger partial charge < -0.3 is 10.6 Å². The smallest absolute Gasteiger partial charge is 0.254 e. The van der Waals surface area contributed by atoms with Crippen LogP contribution in [0.3, 0.4) is 0 Å². The van der Waals surface area contributed by atoms with E-state index in [1.807, 2.05) is 18.2 Å². The Kier molecular flexibility index (Phi) is 3.68. The second-order valence-corrected chi connectivity index (χ2v) is 5.94. The van der Waals surface area contributed by atoms with E-state index < -0.39 is 0 Å². The molecule has 0 bridgehead atoms. The summed E-state index contributed by atoms with van der Waals surface area (Å²) in [6, 6.07) is 10.1. The number of rotatable bonds is 1. The Morgan fingerprint density at radius 2 is 2.10 bits per heavy atom. The Morgan fingerprint density at radius 1 is 1.29 bits per heavy atom. The minimum atomic E-state index is -0.372. The molecule has 0 fully saturated rings. The van der Waals surface area contributed by atoms with Crippen LogP contribution in [0.2, 0.25) is 0 Å². The normalized spacial score (nSPS) is 13.9. The Balaban J connectivity index is 1.85. The molecule has 0 atom stereocenters. The summed E-state index contributed by atoms with van der Waals surface area (Å²) < 4.78 is 13.6. The van der Waals surface area contributed by atoms with Gasteiger partial charge in [-0.05, 0) is 57.7 Å². The maximum atomic E-state index is 13.3. The van der Waals surface area contributed by atoms with Crippen LogP contribution >= 0.6 is 15.9 Å². The summed E-state index contributed by atoms with van der Waals surface area (Å²) in [5, 5.41) is 0. The summed E-state index contributed by atoms with van der Waals surface area (Å²) in [6.07, 6.45) is 0.746. The lowest BCUT2D eigenvalue weighted by Gasteiger charge is -2.29. The second-order valence-electron chi connectivity index (χ2n) is 5.09. The molecule has 1 heterocycles. The molecule has 108 valence electrons. The van der Waals surface area contributed by atoms with Crippen molar-refractivity contribution in [2.75, 3.05) is 12.3 Å².